The summed E-state index contributed by atoms with van der Waals surface area (Å²) in [5, 5.41) is 14.0. The molecular weight excluding hydrogens is 544 g/mol. The topological polar surface area (TPSA) is 107 Å². The van der Waals surface area contributed by atoms with E-state index in [-0.39, 0.29) is 11.3 Å². The molecule has 3 rings (SSSR count). The monoisotopic (exact) mass is 592 g/mol. The minimum atomic E-state index is -1.15. The van der Waals surface area contributed by atoms with E-state index in [0.717, 1.165) is 29.9 Å². The first-order valence-corrected chi connectivity index (χ1v) is 15.6. The summed E-state index contributed by atoms with van der Waals surface area (Å²) in [5.41, 5.74) is 0.871. The van der Waals surface area contributed by atoms with Gasteiger partial charge in [-0.1, -0.05) is 58.4 Å². The van der Waals surface area contributed by atoms with E-state index in [9.17, 15) is 14.7 Å². The molecule has 9 nitrogen and oxygen atoms in total. The summed E-state index contributed by atoms with van der Waals surface area (Å²) in [6.45, 7) is 13.4. The van der Waals surface area contributed by atoms with Gasteiger partial charge in [-0.15, -0.1) is 0 Å². The van der Waals surface area contributed by atoms with Crippen LogP contribution < -0.4 is 10.1 Å². The van der Waals surface area contributed by atoms with Crippen LogP contribution in [0, 0.1) is 5.41 Å². The van der Waals surface area contributed by atoms with Gasteiger partial charge in [0, 0.05) is 31.7 Å². The van der Waals surface area contributed by atoms with Crippen molar-refractivity contribution in [3.05, 3.63) is 42.0 Å². The number of nitrogens with zero attached hydrogens (tertiary/aromatic N) is 1. The Labute approximate surface area is 249 Å². The third kappa shape index (κ3) is 9.99. The van der Waals surface area contributed by atoms with Crippen LogP contribution in [-0.2, 0) is 30.3 Å². The largest absolute Gasteiger partial charge is 0.494 e. The maximum atomic E-state index is 13.5. The summed E-state index contributed by atoms with van der Waals surface area (Å²) in [7, 11) is 1.40. The Bertz CT molecular complexity index is 1020. The van der Waals surface area contributed by atoms with Crippen LogP contribution in [0.3, 0.4) is 0 Å². The third-order valence-corrected chi connectivity index (χ3v) is 7.93. The van der Waals surface area contributed by atoms with Crippen LogP contribution in [0.4, 0.5) is 0 Å². The number of ether oxygens (including phenoxy) is 4. The number of hydrogen-bond acceptors (Lipinski definition) is 8. The fraction of sp³-hybridized carbons (Fsp3) is 0.677. The van der Waals surface area contributed by atoms with Crippen LogP contribution in [0.5, 0.6) is 5.75 Å². The number of nitrogens with one attached hydrogen (secondary N) is 1. The highest BCUT2D eigenvalue weighted by molar-refractivity contribution is 7.99. The van der Waals surface area contributed by atoms with E-state index in [1.165, 1.54) is 7.11 Å². The Morgan fingerprint density at radius 3 is 2.61 bits per heavy atom. The Balaban J connectivity index is 1.68. The molecule has 1 aromatic rings. The molecule has 5 atom stereocenters. The lowest BCUT2D eigenvalue weighted by Gasteiger charge is -2.45. The predicted octanol–water partition coefficient (Wildman–Crippen LogP) is 3.92. The number of allylic oxidation sites excluding steroid dienone is 1. The first-order chi connectivity index (χ1) is 19.3. The van der Waals surface area contributed by atoms with Crippen LogP contribution >= 0.6 is 11.8 Å². The van der Waals surface area contributed by atoms with Gasteiger partial charge in [0.2, 0.25) is 5.91 Å². The Kier molecular flexibility index (Phi) is 12.1. The van der Waals surface area contributed by atoms with Crippen molar-refractivity contribution in [3.8, 4) is 5.75 Å². The van der Waals surface area contributed by atoms with Gasteiger partial charge in [0.15, 0.2) is 11.9 Å². The second-order valence-corrected chi connectivity index (χ2v) is 13.3. The zero-order valence-electron chi connectivity index (χ0n) is 25.6. The normalized spacial score (nSPS) is 26.0. The molecule has 0 spiro atoms. The van der Waals surface area contributed by atoms with Gasteiger partial charge < -0.3 is 34.3 Å². The first kappa shape index (κ1) is 33.4. The van der Waals surface area contributed by atoms with Crippen molar-refractivity contribution >= 4 is 23.6 Å². The van der Waals surface area contributed by atoms with E-state index < -0.39 is 42.2 Å². The summed E-state index contributed by atoms with van der Waals surface area (Å²) in [6, 6.07) is 7.06. The number of benzene rings is 1. The fourth-order valence-electron chi connectivity index (χ4n) is 4.72. The standard InChI is InChI=1S/C31H48N2O7S/c1-8-9-17-38-22-12-10-21(11-13-22)19-33-16-18-41-20-23(29(33)36)32-28(35)27(37-7)26-25(34)24(14-15-30(2,3)4)39-31(5,6)40-26/h10-15,23-27,34H,8-9,16-20H2,1-7H3,(H,32,35)/b15-14+/t23?,24-,25+,26-,27-/m1/s1. The van der Waals surface area contributed by atoms with Gasteiger partial charge in [-0.25, -0.2) is 0 Å². The van der Waals surface area contributed by atoms with Crippen LogP contribution in [0.15, 0.2) is 36.4 Å². The third-order valence-electron chi connectivity index (χ3n) is 6.89. The van der Waals surface area contributed by atoms with Crippen molar-refractivity contribution in [1.29, 1.82) is 0 Å². The van der Waals surface area contributed by atoms with E-state index in [1.54, 1.807) is 36.6 Å². The van der Waals surface area contributed by atoms with Crippen LogP contribution in [-0.4, -0.2) is 89.8 Å². The van der Waals surface area contributed by atoms with E-state index in [0.29, 0.717) is 25.4 Å². The lowest BCUT2D eigenvalue weighted by atomic mass is 9.93. The molecule has 10 heteroatoms. The van der Waals surface area contributed by atoms with Gasteiger partial charge in [-0.05, 0) is 43.4 Å². The molecule has 230 valence electrons. The number of aliphatic hydroxyl groups excluding tert-OH is 1. The van der Waals surface area contributed by atoms with Crippen LogP contribution in [0.1, 0.15) is 59.9 Å². The maximum Gasteiger partial charge on any atom is 0.252 e. The molecule has 0 aliphatic carbocycles. The number of amides is 2. The smallest absolute Gasteiger partial charge is 0.252 e. The molecule has 2 aliphatic rings. The number of aliphatic hydroxyl groups is 1. The number of thioether (sulfide) groups is 1. The molecular formula is C31H48N2O7S. The molecule has 2 N–H and O–H groups in total. The summed E-state index contributed by atoms with van der Waals surface area (Å²) in [5.74, 6) is 0.300. The molecule has 0 bridgehead atoms. The van der Waals surface area contributed by atoms with Gasteiger partial charge in [-0.3, -0.25) is 9.59 Å². The lowest BCUT2D eigenvalue weighted by Crippen LogP contribution is -2.62. The number of rotatable bonds is 11. The van der Waals surface area contributed by atoms with Gasteiger partial charge in [0.05, 0.1) is 6.61 Å². The second kappa shape index (κ2) is 14.9. The summed E-state index contributed by atoms with van der Waals surface area (Å²) in [4.78, 5) is 28.8. The van der Waals surface area contributed by atoms with Crippen LogP contribution in [0.25, 0.3) is 0 Å². The number of carbonyl (C=O) groups is 2. The van der Waals surface area contributed by atoms with E-state index in [1.807, 2.05) is 51.1 Å². The zero-order chi connectivity index (χ0) is 30.2. The van der Waals surface area contributed by atoms with Crippen molar-refractivity contribution in [2.75, 3.05) is 31.8 Å². The maximum absolute atomic E-state index is 13.5. The molecule has 1 unspecified atom stereocenters. The molecule has 1 aromatic carbocycles. The molecule has 2 saturated heterocycles. The molecule has 0 aromatic heterocycles. The Morgan fingerprint density at radius 1 is 1.27 bits per heavy atom. The SMILES string of the molecule is CCCCOc1ccc(CN2CCSCC(NC(=O)[C@H](OC)[C@@H]3OC(C)(C)O[C@H](/C=C/C(C)(C)C)[C@@H]3O)C2=O)cc1. The minimum Gasteiger partial charge on any atom is -0.494 e. The minimum absolute atomic E-state index is 0.118. The van der Waals surface area contributed by atoms with E-state index in [2.05, 4.69) is 12.2 Å². The highest BCUT2D eigenvalue weighted by Gasteiger charge is 2.48. The molecule has 2 fully saturated rings. The summed E-state index contributed by atoms with van der Waals surface area (Å²) >= 11 is 1.61. The molecule has 2 amide bonds. The molecule has 0 saturated carbocycles. The Morgan fingerprint density at radius 2 is 1.98 bits per heavy atom. The highest BCUT2D eigenvalue weighted by atomic mass is 32.2. The van der Waals surface area contributed by atoms with Crippen molar-refractivity contribution in [3.63, 3.8) is 0 Å². The van der Waals surface area contributed by atoms with Crippen molar-refractivity contribution < 1.29 is 33.6 Å². The van der Waals surface area contributed by atoms with Gasteiger partial charge >= 0.3 is 0 Å². The molecule has 2 heterocycles. The fourth-order valence-corrected chi connectivity index (χ4v) is 5.69. The van der Waals surface area contributed by atoms with Gasteiger partial charge in [0.25, 0.3) is 5.91 Å². The average Bonchev–Trinajstić information content (AvgIpc) is 3.07. The Hall–Kier alpha value is -2.11. The molecule has 0 radical (unpaired) electrons. The predicted molar refractivity (Wildman–Crippen MR) is 161 cm³/mol. The number of carbonyl (C=O) groups excluding carboxylic acids is 2. The van der Waals surface area contributed by atoms with Crippen molar-refractivity contribution in [2.45, 2.75) is 97.2 Å². The van der Waals surface area contributed by atoms with Crippen molar-refractivity contribution in [2.24, 2.45) is 5.41 Å². The summed E-state index contributed by atoms with van der Waals surface area (Å²) < 4.78 is 23.3. The first-order valence-electron chi connectivity index (χ1n) is 14.5. The van der Waals surface area contributed by atoms with Crippen LogP contribution in [0.2, 0.25) is 0 Å². The molecule has 2 aliphatic heterocycles. The second-order valence-electron chi connectivity index (χ2n) is 12.2. The van der Waals surface area contributed by atoms with E-state index in [4.69, 9.17) is 18.9 Å². The quantitative estimate of drug-likeness (QED) is 0.294. The average molecular weight is 593 g/mol. The van der Waals surface area contributed by atoms with E-state index >= 15 is 0 Å². The summed E-state index contributed by atoms with van der Waals surface area (Å²) in [6.07, 6.45) is 1.86. The molecule has 41 heavy (non-hydrogen) atoms. The van der Waals surface area contributed by atoms with Crippen molar-refractivity contribution in [1.82, 2.24) is 10.2 Å². The highest BCUT2D eigenvalue weighted by Crippen LogP contribution is 2.31. The number of hydrogen-bond donors (Lipinski definition) is 2. The number of unbranched alkanes of at least 4 members (excludes halogenated alkanes) is 1. The number of methoxy groups -OCH3 is 1. The lowest BCUT2D eigenvalue weighted by molar-refractivity contribution is -0.334. The van der Waals surface area contributed by atoms with Gasteiger partial charge in [0.1, 0.15) is 30.1 Å². The van der Waals surface area contributed by atoms with Gasteiger partial charge in [-0.2, -0.15) is 11.8 Å². The zero-order valence-corrected chi connectivity index (χ0v) is 26.4.